The molecule has 0 saturated heterocycles. The van der Waals surface area contributed by atoms with Crippen molar-refractivity contribution in [1.29, 1.82) is 5.26 Å². The number of nitrogens with one attached hydrogen (secondary N) is 1. The molecule has 0 unspecified atom stereocenters. The van der Waals surface area contributed by atoms with Gasteiger partial charge in [0.05, 0.1) is 11.0 Å². The monoisotopic (exact) mass is 395 g/mol. The van der Waals surface area contributed by atoms with E-state index in [-0.39, 0.29) is 23.4 Å². The lowest BCUT2D eigenvalue weighted by Gasteiger charge is -2.48. The molecule has 0 spiro atoms. The summed E-state index contributed by atoms with van der Waals surface area (Å²) in [5.41, 5.74) is 3.52. The van der Waals surface area contributed by atoms with Crippen molar-refractivity contribution in [2.45, 2.75) is 18.3 Å². The number of hydrogen-bond acceptors (Lipinski definition) is 4. The van der Waals surface area contributed by atoms with Crippen LogP contribution in [0.25, 0.3) is 0 Å². The molecule has 6 nitrogen and oxygen atoms in total. The van der Waals surface area contributed by atoms with E-state index in [0.717, 1.165) is 11.1 Å². The Kier molecular flexibility index (Phi) is 3.93. The van der Waals surface area contributed by atoms with Crippen molar-refractivity contribution in [3.8, 4) is 6.07 Å². The summed E-state index contributed by atoms with van der Waals surface area (Å²) in [7, 11) is 0. The van der Waals surface area contributed by atoms with Crippen LogP contribution in [0.4, 0.5) is 11.4 Å². The Balaban J connectivity index is 1.58. The van der Waals surface area contributed by atoms with E-state index in [0.29, 0.717) is 12.1 Å². The molecule has 146 valence electrons. The van der Waals surface area contributed by atoms with Gasteiger partial charge in [-0.1, -0.05) is 48.5 Å². The Morgan fingerprint density at radius 3 is 2.00 bits per heavy atom. The van der Waals surface area contributed by atoms with Gasteiger partial charge in [0.25, 0.3) is 5.69 Å². The van der Waals surface area contributed by atoms with Crippen molar-refractivity contribution in [1.82, 2.24) is 0 Å². The SMILES string of the molecule is N#C[C@@]1(C(=O)Nc2ccc([N+](=O)[O-])cc2)CC2c3ccccc3C1c1ccccc12. The highest BCUT2D eigenvalue weighted by atomic mass is 16.6. The van der Waals surface area contributed by atoms with Gasteiger partial charge in [-0.05, 0) is 40.8 Å². The van der Waals surface area contributed by atoms with Crippen LogP contribution in [-0.2, 0) is 4.79 Å². The minimum atomic E-state index is -1.25. The highest BCUT2D eigenvalue weighted by Crippen LogP contribution is 2.61. The summed E-state index contributed by atoms with van der Waals surface area (Å²) in [6, 6.07) is 24.1. The molecule has 0 aromatic heterocycles. The fourth-order valence-corrected chi connectivity index (χ4v) is 5.00. The average molecular weight is 395 g/mol. The van der Waals surface area contributed by atoms with Gasteiger partial charge < -0.3 is 5.32 Å². The van der Waals surface area contributed by atoms with Crippen LogP contribution in [0.5, 0.6) is 0 Å². The number of nitrogens with zero attached hydrogens (tertiary/aromatic N) is 2. The number of nitriles is 1. The fraction of sp³-hybridized carbons (Fsp3) is 0.167. The molecular weight excluding hydrogens is 378 g/mol. The van der Waals surface area contributed by atoms with E-state index in [1.165, 1.54) is 35.4 Å². The van der Waals surface area contributed by atoms with Crippen molar-refractivity contribution in [3.63, 3.8) is 0 Å². The van der Waals surface area contributed by atoms with E-state index in [2.05, 4.69) is 23.5 Å². The van der Waals surface area contributed by atoms with Crippen LogP contribution in [0.1, 0.15) is 40.5 Å². The number of rotatable bonds is 3. The molecule has 0 heterocycles. The van der Waals surface area contributed by atoms with Crippen LogP contribution in [0.3, 0.4) is 0 Å². The van der Waals surface area contributed by atoms with Crippen molar-refractivity contribution in [3.05, 3.63) is 105 Å². The van der Waals surface area contributed by atoms with Crippen molar-refractivity contribution < 1.29 is 9.72 Å². The molecule has 0 saturated carbocycles. The quantitative estimate of drug-likeness (QED) is 0.512. The van der Waals surface area contributed by atoms with Crippen molar-refractivity contribution in [2.24, 2.45) is 5.41 Å². The third kappa shape index (κ3) is 2.45. The van der Waals surface area contributed by atoms with E-state index in [1.54, 1.807) is 0 Å². The average Bonchev–Trinajstić information content (AvgIpc) is 2.79. The van der Waals surface area contributed by atoms with Crippen LogP contribution in [0, 0.1) is 26.9 Å². The van der Waals surface area contributed by atoms with Crippen LogP contribution < -0.4 is 5.32 Å². The van der Waals surface area contributed by atoms with E-state index in [4.69, 9.17) is 0 Å². The second-order valence-corrected chi connectivity index (χ2v) is 7.79. The standard InChI is InChI=1S/C24H17N3O3/c25-14-24(23(28)26-15-9-11-16(12-10-15)27(29)30)13-21-17-5-1-3-7-19(17)22(24)20-8-4-2-6-18(20)21/h1-12,21-22H,13H2,(H,26,28)/t21?,22?,24-/m0/s1. The molecule has 1 N–H and O–H groups in total. The van der Waals surface area contributed by atoms with E-state index in [9.17, 15) is 20.2 Å². The highest BCUT2D eigenvalue weighted by Gasteiger charge is 2.57. The van der Waals surface area contributed by atoms with Gasteiger partial charge in [0.1, 0.15) is 5.41 Å². The summed E-state index contributed by atoms with van der Waals surface area (Å²) in [5, 5.41) is 24.0. The number of fused-ring (bicyclic) bond motifs is 1. The van der Waals surface area contributed by atoms with Gasteiger partial charge in [0, 0.05) is 29.7 Å². The first-order valence-corrected chi connectivity index (χ1v) is 9.70. The van der Waals surface area contributed by atoms with Crippen molar-refractivity contribution in [2.75, 3.05) is 5.32 Å². The van der Waals surface area contributed by atoms with Crippen LogP contribution >= 0.6 is 0 Å². The Labute approximate surface area is 172 Å². The van der Waals surface area contributed by atoms with E-state index >= 15 is 0 Å². The molecule has 1 atom stereocenters. The number of benzene rings is 3. The largest absolute Gasteiger partial charge is 0.325 e. The summed E-state index contributed by atoms with van der Waals surface area (Å²) in [6.07, 6.45) is 0.404. The summed E-state index contributed by atoms with van der Waals surface area (Å²) < 4.78 is 0. The van der Waals surface area contributed by atoms with Gasteiger partial charge in [0.15, 0.2) is 0 Å². The zero-order valence-corrected chi connectivity index (χ0v) is 15.9. The van der Waals surface area contributed by atoms with Crippen LogP contribution in [0.15, 0.2) is 72.8 Å². The Morgan fingerprint density at radius 2 is 1.50 bits per heavy atom. The third-order valence-electron chi connectivity index (χ3n) is 6.32. The molecule has 1 amide bonds. The number of nitro benzene ring substituents is 1. The normalized spacial score (nSPS) is 23.0. The molecule has 3 aliphatic rings. The fourth-order valence-electron chi connectivity index (χ4n) is 5.00. The topological polar surface area (TPSA) is 96.0 Å². The number of carbonyl (C=O) groups is 1. The first-order chi connectivity index (χ1) is 14.5. The van der Waals surface area contributed by atoms with Gasteiger partial charge >= 0.3 is 0 Å². The maximum absolute atomic E-state index is 13.5. The number of nitro groups is 1. The Bertz CT molecular complexity index is 1180. The maximum Gasteiger partial charge on any atom is 0.269 e. The van der Waals surface area contributed by atoms with E-state index < -0.39 is 10.3 Å². The number of amides is 1. The van der Waals surface area contributed by atoms with Gasteiger partial charge in [0.2, 0.25) is 5.91 Å². The number of non-ortho nitro benzene ring substituents is 1. The maximum atomic E-state index is 13.5. The summed E-state index contributed by atoms with van der Waals surface area (Å²) in [6.45, 7) is 0. The van der Waals surface area contributed by atoms with Crippen molar-refractivity contribution >= 4 is 17.3 Å². The summed E-state index contributed by atoms with van der Waals surface area (Å²) in [5.74, 6) is -0.763. The van der Waals surface area contributed by atoms with Gasteiger partial charge in [-0.15, -0.1) is 0 Å². The molecule has 0 aliphatic heterocycles. The number of hydrogen-bond donors (Lipinski definition) is 1. The van der Waals surface area contributed by atoms with Crippen LogP contribution in [-0.4, -0.2) is 10.8 Å². The van der Waals surface area contributed by atoms with Gasteiger partial charge in [-0.2, -0.15) is 5.26 Å². The highest BCUT2D eigenvalue weighted by molar-refractivity contribution is 5.99. The van der Waals surface area contributed by atoms with Gasteiger partial charge in [-0.25, -0.2) is 0 Å². The molecule has 3 aromatic rings. The minimum Gasteiger partial charge on any atom is -0.325 e. The zero-order valence-electron chi connectivity index (χ0n) is 15.9. The second kappa shape index (κ2) is 6.53. The third-order valence-corrected chi connectivity index (χ3v) is 6.32. The first-order valence-electron chi connectivity index (χ1n) is 9.70. The Morgan fingerprint density at radius 1 is 0.967 bits per heavy atom. The Hall–Kier alpha value is -3.98. The molecule has 6 heteroatoms. The predicted molar refractivity (Wildman–Crippen MR) is 111 cm³/mol. The van der Waals surface area contributed by atoms with E-state index in [1.807, 2.05) is 36.4 Å². The second-order valence-electron chi connectivity index (χ2n) is 7.79. The number of anilines is 1. The predicted octanol–water partition coefficient (Wildman–Crippen LogP) is 4.72. The molecule has 3 aliphatic carbocycles. The zero-order chi connectivity index (χ0) is 20.9. The lowest BCUT2D eigenvalue weighted by atomic mass is 9.52. The smallest absolute Gasteiger partial charge is 0.269 e. The van der Waals surface area contributed by atoms with Gasteiger partial charge in [-0.3, -0.25) is 14.9 Å². The molecule has 2 bridgehead atoms. The lowest BCUT2D eigenvalue weighted by molar-refractivity contribution is -0.384. The first kappa shape index (κ1) is 18.1. The summed E-state index contributed by atoms with van der Waals surface area (Å²) >= 11 is 0. The molecule has 30 heavy (non-hydrogen) atoms. The number of carbonyl (C=O) groups excluding carboxylic acids is 1. The molecule has 0 radical (unpaired) electrons. The molecule has 3 aromatic carbocycles. The molecular formula is C24H17N3O3. The lowest BCUT2D eigenvalue weighted by Crippen LogP contribution is -2.48. The van der Waals surface area contributed by atoms with Crippen LogP contribution in [0.2, 0.25) is 0 Å². The summed E-state index contributed by atoms with van der Waals surface area (Å²) in [4.78, 5) is 23.9. The molecule has 6 rings (SSSR count). The molecule has 0 fully saturated rings. The minimum absolute atomic E-state index is 0.0235.